The lowest BCUT2D eigenvalue weighted by Gasteiger charge is -2.38. The van der Waals surface area contributed by atoms with Gasteiger partial charge >= 0.3 is 0 Å². The number of fused-ring (bicyclic) bond motifs is 3. The molecule has 0 spiro atoms. The normalized spacial score (nSPS) is 18.2. The number of amidine groups is 1. The van der Waals surface area contributed by atoms with E-state index in [1.54, 1.807) is 42.3 Å². The number of rotatable bonds is 14. The van der Waals surface area contributed by atoms with E-state index in [1.165, 1.54) is 14.0 Å². The van der Waals surface area contributed by atoms with E-state index in [9.17, 15) is 38.2 Å². The van der Waals surface area contributed by atoms with Crippen LogP contribution in [-0.2, 0) is 45.6 Å². The quantitative estimate of drug-likeness (QED) is 0.0885. The van der Waals surface area contributed by atoms with Gasteiger partial charge in [-0.3, -0.25) is 39.1 Å². The Hall–Kier alpha value is -6.14. The number of alkyl halides is 2. The van der Waals surface area contributed by atoms with Crippen LogP contribution in [0.3, 0.4) is 0 Å². The molecule has 0 saturated carbocycles. The van der Waals surface area contributed by atoms with E-state index in [0.717, 1.165) is 84.3 Å². The van der Waals surface area contributed by atoms with E-state index < -0.39 is 30.2 Å². The predicted molar refractivity (Wildman–Crippen MR) is 249 cm³/mol. The summed E-state index contributed by atoms with van der Waals surface area (Å²) < 4.78 is 30.7. The summed E-state index contributed by atoms with van der Waals surface area (Å²) in [7, 11) is 5.24. The van der Waals surface area contributed by atoms with Crippen molar-refractivity contribution in [2.75, 3.05) is 64.8 Å². The summed E-state index contributed by atoms with van der Waals surface area (Å²) in [6.45, 7) is 6.73. The van der Waals surface area contributed by atoms with Gasteiger partial charge in [-0.15, -0.1) is 0 Å². The van der Waals surface area contributed by atoms with Gasteiger partial charge in [0.15, 0.2) is 0 Å². The van der Waals surface area contributed by atoms with Crippen LogP contribution in [-0.4, -0.2) is 143 Å². The maximum atomic E-state index is 14.5. The standard InChI is InChI=1S/C47H58F2N10O5.C2H4O/c1-51-45(62)40(8-6-20-60)59-46(63)36-21-29-10-17-56(27-31(29)23-37(36)47(59)64)14-5-9-42(61)57-18-11-33(12-19-57)53-39-13-16-54(2)28-38(39)44(50)58-15-4-7-30-22-34(32-25-52-55(3)26-32)35(43(48)49)24-41(30)58;1-2-3/h20-26,33,40,43,50,53H,4-19,27-28H2,1-3H3,(H,51,62);2H,1H3. The molecule has 4 amide bonds. The van der Waals surface area contributed by atoms with Crippen molar-refractivity contribution in [1.82, 2.24) is 40.0 Å². The Bertz CT molecular complexity index is 2430. The molecule has 2 aromatic carbocycles. The van der Waals surface area contributed by atoms with Crippen molar-refractivity contribution in [1.29, 1.82) is 5.41 Å². The number of nitrogens with zero attached hydrogens (tertiary/aromatic N) is 7. The van der Waals surface area contributed by atoms with Gasteiger partial charge in [-0.25, -0.2) is 8.78 Å². The number of aromatic nitrogens is 2. The lowest BCUT2D eigenvalue weighted by molar-refractivity contribution is -0.132. The van der Waals surface area contributed by atoms with Crippen LogP contribution < -0.4 is 15.5 Å². The Morgan fingerprint density at radius 3 is 2.27 bits per heavy atom. The predicted octanol–water partition coefficient (Wildman–Crippen LogP) is 4.66. The number of carbonyl (C=O) groups is 6. The minimum atomic E-state index is -2.68. The van der Waals surface area contributed by atoms with Gasteiger partial charge in [0.25, 0.3) is 18.2 Å². The van der Waals surface area contributed by atoms with E-state index in [0.29, 0.717) is 87.5 Å². The van der Waals surface area contributed by atoms with Crippen molar-refractivity contribution in [3.63, 3.8) is 0 Å². The molecule has 1 atom stereocenters. The number of likely N-dealkylation sites (N-methyl/N-ethyl adjacent to an activating group) is 2. The van der Waals surface area contributed by atoms with E-state index in [-0.39, 0.29) is 41.5 Å². The first-order valence-electron chi connectivity index (χ1n) is 23.3. The van der Waals surface area contributed by atoms with Crippen LogP contribution in [0.5, 0.6) is 0 Å². The third-order valence-electron chi connectivity index (χ3n) is 13.6. The Labute approximate surface area is 390 Å². The highest BCUT2D eigenvalue weighted by atomic mass is 19.3. The molecule has 1 unspecified atom stereocenters. The van der Waals surface area contributed by atoms with Gasteiger partial charge in [-0.2, -0.15) is 5.10 Å². The summed E-state index contributed by atoms with van der Waals surface area (Å²) in [6, 6.07) is 6.06. The van der Waals surface area contributed by atoms with E-state index in [1.807, 2.05) is 22.9 Å². The molecule has 0 aliphatic carbocycles. The first-order chi connectivity index (χ1) is 32.3. The lowest BCUT2D eigenvalue weighted by Crippen LogP contribution is -2.48. The fraction of sp³-hybridized carbons (Fsp3) is 0.510. The number of likely N-dealkylation sites (tertiary alicyclic amines) is 1. The number of hydrogen-bond donors (Lipinski definition) is 3. The molecule has 8 rings (SSSR count). The molecule has 0 bridgehead atoms. The van der Waals surface area contributed by atoms with Crippen LogP contribution >= 0.6 is 0 Å². The molecule has 67 heavy (non-hydrogen) atoms. The molecule has 1 saturated heterocycles. The van der Waals surface area contributed by atoms with Crippen LogP contribution in [0, 0.1) is 5.41 Å². The van der Waals surface area contributed by atoms with E-state index >= 15 is 0 Å². The Kier molecular flexibility index (Phi) is 15.8. The highest BCUT2D eigenvalue weighted by molar-refractivity contribution is 6.23. The molecule has 5 aliphatic rings. The largest absolute Gasteiger partial charge is 0.385 e. The first-order valence-corrected chi connectivity index (χ1v) is 23.3. The number of aryl methyl sites for hydroxylation is 2. The molecule has 18 heteroatoms. The zero-order valence-corrected chi connectivity index (χ0v) is 38.9. The third kappa shape index (κ3) is 10.7. The number of imide groups is 1. The second-order valence-corrected chi connectivity index (χ2v) is 18.0. The van der Waals surface area contributed by atoms with Crippen molar-refractivity contribution >= 4 is 47.7 Å². The number of halogens is 2. The summed E-state index contributed by atoms with van der Waals surface area (Å²) in [6.07, 6.45) is 7.84. The highest BCUT2D eigenvalue weighted by Crippen LogP contribution is 2.40. The summed E-state index contributed by atoms with van der Waals surface area (Å²) in [5, 5.41) is 20.0. The molecular formula is C49H62F2N10O6. The average molecular weight is 925 g/mol. The van der Waals surface area contributed by atoms with E-state index in [4.69, 9.17) is 4.79 Å². The molecule has 6 heterocycles. The monoisotopic (exact) mass is 924 g/mol. The van der Waals surface area contributed by atoms with Gasteiger partial charge in [-0.1, -0.05) is 0 Å². The second-order valence-electron chi connectivity index (χ2n) is 18.0. The minimum Gasteiger partial charge on any atom is -0.385 e. The number of piperidine rings is 1. The summed E-state index contributed by atoms with van der Waals surface area (Å²) in [5.74, 6) is -1.07. The Morgan fingerprint density at radius 1 is 0.910 bits per heavy atom. The molecular weight excluding hydrogens is 863 g/mol. The van der Waals surface area contributed by atoms with Gasteiger partial charge in [0.2, 0.25) is 11.8 Å². The number of benzene rings is 2. The van der Waals surface area contributed by atoms with E-state index in [2.05, 4.69) is 25.5 Å². The molecule has 1 fully saturated rings. The van der Waals surface area contributed by atoms with Crippen molar-refractivity contribution < 1.29 is 37.5 Å². The number of carbonyl (C=O) groups excluding carboxylic acids is 6. The Balaban J connectivity index is 0.00000216. The van der Waals surface area contributed by atoms with Crippen LogP contribution in [0.15, 0.2) is 47.9 Å². The summed E-state index contributed by atoms with van der Waals surface area (Å²) >= 11 is 0. The maximum absolute atomic E-state index is 14.5. The maximum Gasteiger partial charge on any atom is 0.264 e. The molecule has 0 radical (unpaired) electrons. The van der Waals surface area contributed by atoms with Crippen molar-refractivity contribution in [2.24, 2.45) is 7.05 Å². The number of anilines is 1. The minimum absolute atomic E-state index is 0.0447. The third-order valence-corrected chi connectivity index (χ3v) is 13.6. The van der Waals surface area contributed by atoms with Crippen LogP contribution in [0.4, 0.5) is 14.5 Å². The van der Waals surface area contributed by atoms with Gasteiger partial charge in [-0.05, 0) is 112 Å². The summed E-state index contributed by atoms with van der Waals surface area (Å²) in [4.78, 5) is 82.1. The SMILES string of the molecule is CC=O.CNC(=O)C(CCC=O)N1C(=O)c2cc3c(cc2C1=O)CN(CCCC(=O)N1CCC(NC2=C(C(=N)N4CCCc5cc(-c6cnn(C)c6)c(C(F)F)cc54)CN(C)CC2)CC1)CC3. The first kappa shape index (κ1) is 48.8. The summed E-state index contributed by atoms with van der Waals surface area (Å²) in [5.41, 5.74) is 7.09. The van der Waals surface area contributed by atoms with Gasteiger partial charge < -0.3 is 34.9 Å². The number of aldehydes is 2. The molecule has 16 nitrogen and oxygen atoms in total. The van der Waals surface area contributed by atoms with Gasteiger partial charge in [0, 0.05) is 119 Å². The topological polar surface area (TPSA) is 184 Å². The van der Waals surface area contributed by atoms with Crippen molar-refractivity contribution in [2.45, 2.75) is 96.2 Å². The molecule has 358 valence electrons. The average Bonchev–Trinajstić information content (AvgIpc) is 3.86. The second kappa shape index (κ2) is 21.7. The number of amides is 4. The fourth-order valence-electron chi connectivity index (χ4n) is 10.1. The van der Waals surface area contributed by atoms with Crippen LogP contribution in [0.25, 0.3) is 11.1 Å². The lowest BCUT2D eigenvalue weighted by atomic mass is 9.92. The smallest absolute Gasteiger partial charge is 0.264 e. The molecule has 3 aromatic rings. The van der Waals surface area contributed by atoms with Crippen LogP contribution in [0.1, 0.15) is 108 Å². The zero-order valence-electron chi connectivity index (χ0n) is 38.9. The zero-order chi connectivity index (χ0) is 47.9. The van der Waals surface area contributed by atoms with Gasteiger partial charge in [0.1, 0.15) is 24.4 Å². The highest BCUT2D eigenvalue weighted by Gasteiger charge is 2.43. The number of hydrogen-bond acceptors (Lipinski definition) is 11. The Morgan fingerprint density at radius 2 is 1.61 bits per heavy atom. The molecule has 1 aromatic heterocycles. The molecule has 5 aliphatic heterocycles. The molecule has 3 N–H and O–H groups in total. The van der Waals surface area contributed by atoms with Crippen molar-refractivity contribution in [3.8, 4) is 11.1 Å². The fourth-order valence-corrected chi connectivity index (χ4v) is 10.1. The van der Waals surface area contributed by atoms with Gasteiger partial charge in [0.05, 0.1) is 17.3 Å². The number of nitrogens with one attached hydrogen (secondary N) is 3. The van der Waals surface area contributed by atoms with Crippen molar-refractivity contribution in [3.05, 3.63) is 81.3 Å². The van der Waals surface area contributed by atoms with Crippen LogP contribution in [0.2, 0.25) is 0 Å².